The molecule has 0 bridgehead atoms. The second kappa shape index (κ2) is 6.10. The highest BCUT2D eigenvalue weighted by atomic mass is 16.5. The molecule has 1 aliphatic heterocycles. The smallest absolute Gasteiger partial charge is 0.193 e. The zero-order valence-corrected chi connectivity index (χ0v) is 12.2. The molecule has 1 fully saturated rings. The van der Waals surface area contributed by atoms with E-state index < -0.39 is 0 Å². The fourth-order valence-electron chi connectivity index (χ4n) is 2.52. The van der Waals surface area contributed by atoms with Crippen LogP contribution in [0.15, 0.2) is 48.5 Å². The summed E-state index contributed by atoms with van der Waals surface area (Å²) in [4.78, 5) is 14.9. The summed E-state index contributed by atoms with van der Waals surface area (Å²) in [5, 5.41) is 0. The highest BCUT2D eigenvalue weighted by molar-refractivity contribution is 6.09. The van der Waals surface area contributed by atoms with Gasteiger partial charge in [0, 0.05) is 17.7 Å². The van der Waals surface area contributed by atoms with E-state index in [1.54, 1.807) is 7.11 Å². The summed E-state index contributed by atoms with van der Waals surface area (Å²) in [5.41, 5.74) is 2.64. The van der Waals surface area contributed by atoms with Gasteiger partial charge in [0.05, 0.1) is 7.11 Å². The van der Waals surface area contributed by atoms with Gasteiger partial charge in [-0.2, -0.15) is 0 Å². The first-order valence-corrected chi connectivity index (χ1v) is 7.26. The van der Waals surface area contributed by atoms with Crippen LogP contribution in [-0.2, 0) is 6.54 Å². The van der Waals surface area contributed by atoms with Gasteiger partial charge in [0.1, 0.15) is 5.75 Å². The highest BCUT2D eigenvalue weighted by Gasteiger charge is 2.15. The molecule has 0 spiro atoms. The van der Waals surface area contributed by atoms with E-state index >= 15 is 0 Å². The molecule has 0 saturated carbocycles. The summed E-state index contributed by atoms with van der Waals surface area (Å²) in [7, 11) is 1.62. The molecule has 0 N–H and O–H groups in total. The third kappa shape index (κ3) is 3.14. The number of likely N-dealkylation sites (tertiary alicyclic amines) is 1. The zero-order valence-electron chi connectivity index (χ0n) is 12.2. The Morgan fingerprint density at radius 3 is 2.48 bits per heavy atom. The largest absolute Gasteiger partial charge is 0.497 e. The molecule has 0 aromatic heterocycles. The molecule has 3 nitrogen and oxygen atoms in total. The van der Waals surface area contributed by atoms with Crippen LogP contribution in [0.5, 0.6) is 5.75 Å². The lowest BCUT2D eigenvalue weighted by Gasteiger charge is -2.30. The molecular weight excluding hydrogens is 262 g/mol. The average molecular weight is 281 g/mol. The van der Waals surface area contributed by atoms with E-state index in [-0.39, 0.29) is 5.78 Å². The molecular formula is C18H19NO2. The normalized spacial score (nSPS) is 14.5. The fraction of sp³-hybridized carbons (Fsp3) is 0.278. The molecule has 21 heavy (non-hydrogen) atoms. The number of ether oxygens (including phenoxy) is 1. The minimum Gasteiger partial charge on any atom is -0.497 e. The van der Waals surface area contributed by atoms with Gasteiger partial charge in [-0.15, -0.1) is 0 Å². The van der Waals surface area contributed by atoms with Crippen molar-refractivity contribution in [2.45, 2.75) is 13.0 Å². The van der Waals surface area contributed by atoms with Gasteiger partial charge >= 0.3 is 0 Å². The van der Waals surface area contributed by atoms with Crippen molar-refractivity contribution in [2.24, 2.45) is 0 Å². The van der Waals surface area contributed by atoms with E-state index in [1.165, 1.54) is 12.0 Å². The van der Waals surface area contributed by atoms with Crippen LogP contribution in [0.25, 0.3) is 0 Å². The first kappa shape index (κ1) is 13.8. The molecule has 0 unspecified atom stereocenters. The molecule has 0 amide bonds. The summed E-state index contributed by atoms with van der Waals surface area (Å²) in [6.07, 6.45) is 1.28. The third-order valence-corrected chi connectivity index (χ3v) is 3.90. The molecule has 1 aliphatic rings. The van der Waals surface area contributed by atoms with Crippen molar-refractivity contribution in [1.82, 2.24) is 4.90 Å². The van der Waals surface area contributed by atoms with Crippen molar-refractivity contribution in [2.75, 3.05) is 20.2 Å². The molecule has 1 heterocycles. The minimum absolute atomic E-state index is 0.0584. The first-order valence-electron chi connectivity index (χ1n) is 7.26. The summed E-state index contributed by atoms with van der Waals surface area (Å²) in [5.74, 6) is 0.821. The second-order valence-corrected chi connectivity index (χ2v) is 5.39. The van der Waals surface area contributed by atoms with Crippen LogP contribution in [0.1, 0.15) is 27.9 Å². The number of ketones is 1. The van der Waals surface area contributed by atoms with Crippen LogP contribution in [0.4, 0.5) is 0 Å². The summed E-state index contributed by atoms with van der Waals surface area (Å²) in [6, 6.07) is 15.2. The lowest BCUT2D eigenvalue weighted by molar-refractivity contribution is 0.103. The van der Waals surface area contributed by atoms with Gasteiger partial charge in [-0.05, 0) is 55.4 Å². The molecule has 2 aromatic rings. The van der Waals surface area contributed by atoms with Crippen molar-refractivity contribution in [3.63, 3.8) is 0 Å². The lowest BCUT2D eigenvalue weighted by atomic mass is 10.0. The van der Waals surface area contributed by atoms with E-state index in [0.717, 1.165) is 30.9 Å². The van der Waals surface area contributed by atoms with E-state index in [1.807, 2.05) is 42.5 Å². The third-order valence-electron chi connectivity index (χ3n) is 3.90. The van der Waals surface area contributed by atoms with Crippen molar-refractivity contribution in [3.8, 4) is 5.75 Å². The Kier molecular flexibility index (Phi) is 4.02. The van der Waals surface area contributed by atoms with Gasteiger partial charge in [0.15, 0.2) is 5.78 Å². The fourth-order valence-corrected chi connectivity index (χ4v) is 2.52. The highest BCUT2D eigenvalue weighted by Crippen LogP contribution is 2.18. The second-order valence-electron chi connectivity index (χ2n) is 5.39. The van der Waals surface area contributed by atoms with Crippen molar-refractivity contribution in [1.29, 1.82) is 0 Å². The molecule has 3 heteroatoms. The molecule has 1 saturated heterocycles. The van der Waals surface area contributed by atoms with Gasteiger partial charge in [-0.1, -0.05) is 18.2 Å². The molecule has 0 radical (unpaired) electrons. The van der Waals surface area contributed by atoms with Crippen LogP contribution in [0.2, 0.25) is 0 Å². The minimum atomic E-state index is 0.0584. The summed E-state index contributed by atoms with van der Waals surface area (Å²) >= 11 is 0. The Morgan fingerprint density at radius 2 is 1.86 bits per heavy atom. The Labute approximate surface area is 125 Å². The average Bonchev–Trinajstić information content (AvgIpc) is 2.51. The molecule has 2 aromatic carbocycles. The van der Waals surface area contributed by atoms with Crippen LogP contribution in [0, 0.1) is 0 Å². The maximum absolute atomic E-state index is 12.5. The number of hydrogen-bond acceptors (Lipinski definition) is 3. The zero-order chi connectivity index (χ0) is 14.7. The van der Waals surface area contributed by atoms with E-state index in [2.05, 4.69) is 11.0 Å². The number of methoxy groups -OCH3 is 1. The molecule has 0 atom stereocenters. The topological polar surface area (TPSA) is 29.5 Å². The van der Waals surface area contributed by atoms with Gasteiger partial charge in [0.2, 0.25) is 0 Å². The van der Waals surface area contributed by atoms with Crippen molar-refractivity contribution in [3.05, 3.63) is 65.2 Å². The quantitative estimate of drug-likeness (QED) is 0.789. The van der Waals surface area contributed by atoms with Crippen molar-refractivity contribution >= 4 is 5.78 Å². The maximum atomic E-state index is 12.5. The van der Waals surface area contributed by atoms with Crippen molar-refractivity contribution < 1.29 is 9.53 Å². The molecule has 108 valence electrons. The van der Waals surface area contributed by atoms with Gasteiger partial charge in [-0.25, -0.2) is 0 Å². The van der Waals surface area contributed by atoms with Crippen LogP contribution < -0.4 is 4.74 Å². The molecule has 3 rings (SSSR count). The number of rotatable bonds is 5. The Bertz CT molecular complexity index is 630. The van der Waals surface area contributed by atoms with Gasteiger partial charge in [-0.3, -0.25) is 9.69 Å². The van der Waals surface area contributed by atoms with E-state index in [0.29, 0.717) is 5.56 Å². The van der Waals surface area contributed by atoms with Gasteiger partial charge < -0.3 is 4.74 Å². The number of hydrogen-bond donors (Lipinski definition) is 0. The SMILES string of the molecule is COc1ccc(C(=O)c2cccc(CN3CCC3)c2)cc1. The predicted molar refractivity (Wildman–Crippen MR) is 82.8 cm³/mol. The number of nitrogens with zero attached hydrogens (tertiary/aromatic N) is 1. The van der Waals surface area contributed by atoms with Crippen LogP contribution in [-0.4, -0.2) is 30.9 Å². The Hall–Kier alpha value is -2.13. The summed E-state index contributed by atoms with van der Waals surface area (Å²) in [6.45, 7) is 3.26. The van der Waals surface area contributed by atoms with E-state index in [9.17, 15) is 4.79 Å². The standard InChI is InChI=1S/C18H19NO2/c1-21-17-8-6-15(7-9-17)18(20)16-5-2-4-14(12-16)13-19-10-3-11-19/h2,4-9,12H,3,10-11,13H2,1H3. The maximum Gasteiger partial charge on any atom is 0.193 e. The monoisotopic (exact) mass is 281 g/mol. The number of benzene rings is 2. The number of carbonyl (C=O) groups is 1. The first-order chi connectivity index (χ1) is 10.3. The Morgan fingerprint density at radius 1 is 1.10 bits per heavy atom. The van der Waals surface area contributed by atoms with Crippen LogP contribution in [0.3, 0.4) is 0 Å². The molecule has 0 aliphatic carbocycles. The van der Waals surface area contributed by atoms with E-state index in [4.69, 9.17) is 4.74 Å². The number of carbonyl (C=O) groups excluding carboxylic acids is 1. The summed E-state index contributed by atoms with van der Waals surface area (Å²) < 4.78 is 5.12. The Balaban J connectivity index is 1.77. The van der Waals surface area contributed by atoms with Crippen LogP contribution >= 0.6 is 0 Å². The lowest BCUT2D eigenvalue weighted by Crippen LogP contribution is -2.36. The van der Waals surface area contributed by atoms with Gasteiger partial charge in [0.25, 0.3) is 0 Å². The predicted octanol–water partition coefficient (Wildman–Crippen LogP) is 3.13.